The van der Waals surface area contributed by atoms with Crippen molar-refractivity contribution < 1.29 is 28.7 Å². The molecule has 5 amide bonds. The monoisotopic (exact) mass is 645 g/mol. The number of hydrogen-bond acceptors (Lipinski definition) is 9. The molecule has 234 valence electrons. The predicted molar refractivity (Wildman–Crippen MR) is 171 cm³/mol. The Kier molecular flexibility index (Phi) is 8.00. The van der Waals surface area contributed by atoms with Crippen molar-refractivity contribution in [3.63, 3.8) is 0 Å². The molecular formula is C35H27N5O6S. The zero-order chi connectivity index (χ0) is 32.5. The first kappa shape index (κ1) is 29.9. The molecule has 2 aliphatic heterocycles. The maximum Gasteiger partial charge on any atom is 0.266 e. The highest BCUT2D eigenvalue weighted by Crippen LogP contribution is 2.34. The van der Waals surface area contributed by atoms with Gasteiger partial charge >= 0.3 is 0 Å². The highest BCUT2D eigenvalue weighted by molar-refractivity contribution is 7.18. The van der Waals surface area contributed by atoms with Gasteiger partial charge in [-0.1, -0.05) is 42.5 Å². The number of benzene rings is 2. The largest absolute Gasteiger partial charge is 0.488 e. The molecule has 2 aliphatic rings. The topological polar surface area (TPSA) is 148 Å². The van der Waals surface area contributed by atoms with Gasteiger partial charge in [-0.15, -0.1) is 11.3 Å². The molecule has 0 aliphatic carbocycles. The van der Waals surface area contributed by atoms with E-state index in [-0.39, 0.29) is 54.7 Å². The van der Waals surface area contributed by atoms with E-state index in [2.05, 4.69) is 20.6 Å². The average molecular weight is 646 g/mol. The van der Waals surface area contributed by atoms with Gasteiger partial charge in [-0.2, -0.15) is 0 Å². The zero-order valence-corrected chi connectivity index (χ0v) is 25.7. The molecule has 0 bridgehead atoms. The van der Waals surface area contributed by atoms with Gasteiger partial charge in [0.2, 0.25) is 17.7 Å². The minimum absolute atomic E-state index is 0.0412. The fourth-order valence-electron chi connectivity index (χ4n) is 5.82. The third-order valence-electron chi connectivity index (χ3n) is 8.13. The van der Waals surface area contributed by atoms with Crippen LogP contribution in [0.3, 0.4) is 0 Å². The third-order valence-corrected chi connectivity index (χ3v) is 9.26. The van der Waals surface area contributed by atoms with Gasteiger partial charge in [0.15, 0.2) is 0 Å². The van der Waals surface area contributed by atoms with E-state index in [0.717, 1.165) is 36.7 Å². The van der Waals surface area contributed by atoms with E-state index in [9.17, 15) is 24.0 Å². The van der Waals surface area contributed by atoms with Gasteiger partial charge in [0.25, 0.3) is 11.8 Å². The quantitative estimate of drug-likeness (QED) is 0.228. The smallest absolute Gasteiger partial charge is 0.266 e. The summed E-state index contributed by atoms with van der Waals surface area (Å²) in [5.74, 6) is -2.27. The van der Waals surface area contributed by atoms with Crippen molar-refractivity contribution in [3.8, 4) is 5.75 Å². The standard InChI is InChI=1S/C35H27N5O6S/c41-28-13-12-25(32(43)39-28)40-34(44)24-6-1-7-26(30(24)35(40)45)46-19-21-10-8-20(9-11-21)16-29(42)38-31(23-5-2-14-36-18-23)27-17-22-4-3-15-37-33(22)47-27/h1-11,14-15,17-18,25,31H,12-13,16,19H2,(H,38,42)(H,39,41,43). The van der Waals surface area contributed by atoms with Crippen LogP contribution in [-0.2, 0) is 27.4 Å². The van der Waals surface area contributed by atoms with Crippen LogP contribution < -0.4 is 15.4 Å². The molecule has 7 rings (SSSR count). The normalized spacial score (nSPS) is 16.6. The Balaban J connectivity index is 1.01. The minimum atomic E-state index is -1.06. The first-order valence-corrected chi connectivity index (χ1v) is 15.8. The van der Waals surface area contributed by atoms with Crippen molar-refractivity contribution in [1.82, 2.24) is 25.5 Å². The van der Waals surface area contributed by atoms with Gasteiger partial charge in [-0.25, -0.2) is 4.98 Å². The van der Waals surface area contributed by atoms with E-state index in [0.29, 0.717) is 0 Å². The molecule has 2 atom stereocenters. The summed E-state index contributed by atoms with van der Waals surface area (Å²) in [7, 11) is 0. The van der Waals surface area contributed by atoms with Gasteiger partial charge in [0.1, 0.15) is 23.2 Å². The van der Waals surface area contributed by atoms with Crippen LogP contribution in [0.25, 0.3) is 10.2 Å². The number of nitrogens with zero attached hydrogens (tertiary/aromatic N) is 3. The van der Waals surface area contributed by atoms with Crippen molar-refractivity contribution in [2.75, 3.05) is 0 Å². The van der Waals surface area contributed by atoms with E-state index in [1.165, 1.54) is 17.4 Å². The highest BCUT2D eigenvalue weighted by atomic mass is 32.1. The van der Waals surface area contributed by atoms with Crippen molar-refractivity contribution in [1.29, 1.82) is 0 Å². The summed E-state index contributed by atoms with van der Waals surface area (Å²) in [5.41, 5.74) is 2.70. The number of carbonyl (C=O) groups excluding carboxylic acids is 5. The molecule has 2 aromatic carbocycles. The molecule has 1 fully saturated rings. The molecule has 3 aromatic heterocycles. The summed E-state index contributed by atoms with van der Waals surface area (Å²) in [4.78, 5) is 75.1. The Labute approximate surface area is 272 Å². The van der Waals surface area contributed by atoms with Gasteiger partial charge in [-0.3, -0.25) is 39.2 Å². The average Bonchev–Trinajstić information content (AvgIpc) is 3.62. The molecule has 11 nitrogen and oxygen atoms in total. The van der Waals surface area contributed by atoms with Crippen LogP contribution in [0.5, 0.6) is 5.75 Å². The molecule has 0 saturated carbocycles. The summed E-state index contributed by atoms with van der Waals surface area (Å²) in [6, 6.07) is 20.4. The van der Waals surface area contributed by atoms with E-state index < -0.39 is 29.7 Å². The van der Waals surface area contributed by atoms with Crippen LogP contribution in [0.2, 0.25) is 0 Å². The Bertz CT molecular complexity index is 2010. The number of hydrogen-bond donors (Lipinski definition) is 2. The number of piperidine rings is 1. The molecule has 5 aromatic rings. The van der Waals surface area contributed by atoms with E-state index in [1.54, 1.807) is 30.7 Å². The number of pyridine rings is 2. The third kappa shape index (κ3) is 5.98. The number of amides is 5. The maximum absolute atomic E-state index is 13.3. The predicted octanol–water partition coefficient (Wildman–Crippen LogP) is 4.12. The SMILES string of the molecule is O=C1CCC(N2C(=O)c3cccc(OCc4ccc(CC(=O)NC(c5cccnc5)c5cc6cccnc6s5)cc4)c3C2=O)C(=O)N1. The van der Waals surface area contributed by atoms with Gasteiger partial charge in [-0.05, 0) is 53.4 Å². The lowest BCUT2D eigenvalue weighted by molar-refractivity contribution is -0.136. The van der Waals surface area contributed by atoms with Crippen LogP contribution in [-0.4, -0.2) is 50.4 Å². The van der Waals surface area contributed by atoms with Crippen LogP contribution in [0.1, 0.15) is 61.2 Å². The van der Waals surface area contributed by atoms with Crippen molar-refractivity contribution in [2.45, 2.75) is 38.0 Å². The molecule has 2 N–H and O–H groups in total. The molecule has 0 radical (unpaired) electrons. The Hall–Kier alpha value is -5.75. The summed E-state index contributed by atoms with van der Waals surface area (Å²) < 4.78 is 5.99. The molecular weight excluding hydrogens is 618 g/mol. The van der Waals surface area contributed by atoms with E-state index in [1.807, 2.05) is 54.6 Å². The number of nitrogens with one attached hydrogen (secondary N) is 2. The zero-order valence-electron chi connectivity index (χ0n) is 24.8. The molecule has 12 heteroatoms. The number of fused-ring (bicyclic) bond motifs is 2. The molecule has 5 heterocycles. The molecule has 47 heavy (non-hydrogen) atoms. The Morgan fingerprint density at radius 1 is 0.979 bits per heavy atom. The van der Waals surface area contributed by atoms with Crippen LogP contribution in [0, 0.1) is 0 Å². The van der Waals surface area contributed by atoms with Crippen molar-refractivity contribution in [3.05, 3.63) is 124 Å². The second-order valence-corrected chi connectivity index (χ2v) is 12.3. The van der Waals surface area contributed by atoms with Crippen LogP contribution in [0.15, 0.2) is 91.4 Å². The minimum Gasteiger partial charge on any atom is -0.488 e. The van der Waals surface area contributed by atoms with Crippen LogP contribution in [0.4, 0.5) is 0 Å². The fraction of sp³-hybridized carbons (Fsp3) is 0.171. The number of ether oxygens (including phenoxy) is 1. The number of aromatic nitrogens is 2. The second-order valence-electron chi connectivity index (χ2n) is 11.2. The second kappa shape index (κ2) is 12.6. The van der Waals surface area contributed by atoms with E-state index >= 15 is 0 Å². The number of rotatable bonds is 9. The maximum atomic E-state index is 13.3. The van der Waals surface area contributed by atoms with Gasteiger partial charge < -0.3 is 10.1 Å². The fourth-order valence-corrected chi connectivity index (χ4v) is 6.90. The Morgan fingerprint density at radius 2 is 1.79 bits per heavy atom. The van der Waals surface area contributed by atoms with E-state index in [4.69, 9.17) is 4.74 Å². The van der Waals surface area contributed by atoms with Crippen molar-refractivity contribution >= 4 is 51.1 Å². The summed E-state index contributed by atoms with van der Waals surface area (Å²) >= 11 is 1.53. The number of carbonyl (C=O) groups is 5. The number of thiophene rings is 1. The molecule has 0 spiro atoms. The number of imide groups is 2. The first-order chi connectivity index (χ1) is 22.9. The lowest BCUT2D eigenvalue weighted by atomic mass is 10.0. The molecule has 2 unspecified atom stereocenters. The van der Waals surface area contributed by atoms with Crippen molar-refractivity contribution in [2.24, 2.45) is 0 Å². The summed E-state index contributed by atoms with van der Waals surface area (Å²) in [6.07, 6.45) is 5.46. The van der Waals surface area contributed by atoms with Gasteiger partial charge in [0, 0.05) is 35.3 Å². The van der Waals surface area contributed by atoms with Gasteiger partial charge in [0.05, 0.1) is 23.6 Å². The first-order valence-electron chi connectivity index (χ1n) is 14.9. The highest BCUT2D eigenvalue weighted by Gasteiger charge is 2.46. The lowest BCUT2D eigenvalue weighted by Gasteiger charge is -2.27. The summed E-state index contributed by atoms with van der Waals surface area (Å²) in [6.45, 7) is 0.103. The van der Waals surface area contributed by atoms with Crippen LogP contribution >= 0.6 is 11.3 Å². The Morgan fingerprint density at radius 3 is 2.55 bits per heavy atom. The molecule has 1 saturated heterocycles. The summed E-state index contributed by atoms with van der Waals surface area (Å²) in [5, 5.41) is 6.36. The lowest BCUT2D eigenvalue weighted by Crippen LogP contribution is -2.54.